The van der Waals surface area contributed by atoms with E-state index in [1.54, 1.807) is 12.0 Å². The van der Waals surface area contributed by atoms with Crippen LogP contribution >= 0.6 is 0 Å². The number of rotatable bonds is 15. The number of nitrogens with one attached hydrogen (secondary N) is 1. The van der Waals surface area contributed by atoms with Gasteiger partial charge in [0.2, 0.25) is 21.8 Å². The molecule has 0 aliphatic rings. The Morgan fingerprint density at radius 3 is 2.29 bits per heavy atom. The van der Waals surface area contributed by atoms with Crippen LogP contribution in [0.2, 0.25) is 0 Å². The number of sulfonamides is 1. The number of ether oxygens (including phenoxy) is 1. The van der Waals surface area contributed by atoms with E-state index in [-0.39, 0.29) is 31.3 Å². The van der Waals surface area contributed by atoms with Gasteiger partial charge in [-0.05, 0) is 74.1 Å². The summed E-state index contributed by atoms with van der Waals surface area (Å²) in [4.78, 5) is 28.2. The number of aryl methyl sites for hydroxylation is 2. The molecule has 0 fully saturated rings. The summed E-state index contributed by atoms with van der Waals surface area (Å²) < 4.78 is 31.9. The Morgan fingerprint density at radius 1 is 1.03 bits per heavy atom. The van der Waals surface area contributed by atoms with Gasteiger partial charge in [0.05, 0.1) is 19.1 Å². The Hall–Kier alpha value is -3.07. The van der Waals surface area contributed by atoms with Crippen molar-refractivity contribution in [3.63, 3.8) is 0 Å². The maximum atomic E-state index is 13.6. The lowest BCUT2D eigenvalue weighted by molar-refractivity contribution is -0.141. The number of carbonyl (C=O) groups is 2. The van der Waals surface area contributed by atoms with Crippen LogP contribution in [0.5, 0.6) is 5.75 Å². The molecule has 1 atom stereocenters. The SMILES string of the molecule is CCCCNC(=O)C(CC)N(Cc1cccc(OC)c1)C(=O)CCCN(c1cc(C)cc(C)c1)S(C)(=O)=O. The van der Waals surface area contributed by atoms with Crippen LogP contribution in [-0.2, 0) is 26.2 Å². The summed E-state index contributed by atoms with van der Waals surface area (Å²) in [5.41, 5.74) is 3.38. The van der Waals surface area contributed by atoms with Gasteiger partial charge in [0.15, 0.2) is 0 Å². The molecule has 0 aromatic heterocycles. The first-order chi connectivity index (χ1) is 18.0. The lowest BCUT2D eigenvalue weighted by Crippen LogP contribution is -2.49. The second kappa shape index (κ2) is 14.8. The minimum Gasteiger partial charge on any atom is -0.497 e. The van der Waals surface area contributed by atoms with Gasteiger partial charge in [-0.2, -0.15) is 0 Å². The third-order valence-corrected chi connectivity index (χ3v) is 7.54. The minimum absolute atomic E-state index is 0.111. The normalized spacial score (nSPS) is 12.1. The van der Waals surface area contributed by atoms with Gasteiger partial charge in [0.1, 0.15) is 11.8 Å². The van der Waals surface area contributed by atoms with Gasteiger partial charge in [-0.25, -0.2) is 8.42 Å². The molecular formula is C29H43N3O5S. The van der Waals surface area contributed by atoms with Crippen LogP contribution in [0.25, 0.3) is 0 Å². The molecule has 1 N–H and O–H groups in total. The fraction of sp³-hybridized carbons (Fsp3) is 0.517. The second-order valence-corrected chi connectivity index (χ2v) is 11.6. The van der Waals surface area contributed by atoms with Crippen molar-refractivity contribution in [3.8, 4) is 5.75 Å². The molecule has 0 radical (unpaired) electrons. The summed E-state index contributed by atoms with van der Waals surface area (Å²) in [6.45, 7) is 8.77. The number of hydrogen-bond acceptors (Lipinski definition) is 5. The molecule has 2 aromatic rings. The number of benzene rings is 2. The van der Waals surface area contributed by atoms with Gasteiger partial charge < -0.3 is 15.0 Å². The second-order valence-electron chi connectivity index (χ2n) is 9.73. The number of methoxy groups -OCH3 is 1. The first-order valence-electron chi connectivity index (χ1n) is 13.3. The van der Waals surface area contributed by atoms with E-state index in [0.29, 0.717) is 30.8 Å². The van der Waals surface area contributed by atoms with Gasteiger partial charge in [0, 0.05) is 26.1 Å². The highest BCUT2D eigenvalue weighted by Crippen LogP contribution is 2.23. The van der Waals surface area contributed by atoms with E-state index in [0.717, 1.165) is 29.5 Å². The highest BCUT2D eigenvalue weighted by atomic mass is 32.2. The van der Waals surface area contributed by atoms with Crippen LogP contribution in [0, 0.1) is 13.8 Å². The van der Waals surface area contributed by atoms with Crippen molar-refractivity contribution in [3.05, 3.63) is 59.2 Å². The third kappa shape index (κ3) is 9.35. The van der Waals surface area contributed by atoms with Crippen LogP contribution < -0.4 is 14.4 Å². The molecule has 0 saturated carbocycles. The molecule has 1 unspecified atom stereocenters. The minimum atomic E-state index is -3.54. The van der Waals surface area contributed by atoms with E-state index < -0.39 is 16.1 Å². The molecule has 9 heteroatoms. The Labute approximate surface area is 228 Å². The molecule has 2 rings (SSSR count). The van der Waals surface area contributed by atoms with Crippen molar-refractivity contribution in [1.82, 2.24) is 10.2 Å². The number of nitrogens with zero attached hydrogens (tertiary/aromatic N) is 2. The number of anilines is 1. The van der Waals surface area contributed by atoms with Crippen LogP contribution in [0.1, 0.15) is 62.6 Å². The van der Waals surface area contributed by atoms with Crippen molar-refractivity contribution in [2.45, 2.75) is 72.4 Å². The standard InChI is InChI=1S/C29H43N3O5S/c1-7-9-15-30-29(34)27(8-2)31(21-24-12-10-13-26(20-24)37-5)28(33)14-11-16-32(38(6,35)36)25-18-22(3)17-23(4)19-25/h10,12-13,17-20,27H,7-9,11,14-16,21H2,1-6H3,(H,30,34). The summed E-state index contributed by atoms with van der Waals surface area (Å²) in [5, 5.41) is 2.96. The summed E-state index contributed by atoms with van der Waals surface area (Å²) in [5.74, 6) is 0.303. The predicted molar refractivity (Wildman–Crippen MR) is 153 cm³/mol. The first kappa shape index (κ1) is 31.1. The summed E-state index contributed by atoms with van der Waals surface area (Å²) in [6, 6.07) is 12.5. The molecule has 0 saturated heterocycles. The van der Waals surface area contributed by atoms with Gasteiger partial charge in [-0.15, -0.1) is 0 Å². The number of amides is 2. The fourth-order valence-electron chi connectivity index (χ4n) is 4.49. The third-order valence-electron chi connectivity index (χ3n) is 6.35. The summed E-state index contributed by atoms with van der Waals surface area (Å²) in [6.07, 6.45) is 3.90. The number of carbonyl (C=O) groups excluding carboxylic acids is 2. The Kier molecular flexibility index (Phi) is 12.1. The van der Waals surface area contributed by atoms with E-state index >= 15 is 0 Å². The Balaban J connectivity index is 2.24. The molecule has 0 aliphatic heterocycles. The van der Waals surface area contributed by atoms with Gasteiger partial charge in [-0.1, -0.05) is 38.5 Å². The highest BCUT2D eigenvalue weighted by Gasteiger charge is 2.29. The summed E-state index contributed by atoms with van der Waals surface area (Å²) >= 11 is 0. The van der Waals surface area contributed by atoms with E-state index in [1.165, 1.54) is 10.6 Å². The molecule has 0 bridgehead atoms. The average molecular weight is 546 g/mol. The molecular weight excluding hydrogens is 502 g/mol. The van der Waals surface area contributed by atoms with Crippen LogP contribution in [0.4, 0.5) is 5.69 Å². The van der Waals surface area contributed by atoms with Crippen LogP contribution in [0.15, 0.2) is 42.5 Å². The van der Waals surface area contributed by atoms with Crippen molar-refractivity contribution >= 4 is 27.5 Å². The van der Waals surface area contributed by atoms with Gasteiger partial charge in [0.25, 0.3) is 0 Å². The Bertz CT molecular complexity index is 1160. The molecule has 38 heavy (non-hydrogen) atoms. The largest absolute Gasteiger partial charge is 0.497 e. The summed E-state index contributed by atoms with van der Waals surface area (Å²) in [7, 11) is -1.96. The van der Waals surface area contributed by atoms with Crippen LogP contribution in [0.3, 0.4) is 0 Å². The zero-order valence-corrected chi connectivity index (χ0v) is 24.4. The maximum absolute atomic E-state index is 13.6. The predicted octanol–water partition coefficient (Wildman–Crippen LogP) is 4.58. The lowest BCUT2D eigenvalue weighted by Gasteiger charge is -2.31. The highest BCUT2D eigenvalue weighted by molar-refractivity contribution is 7.92. The van der Waals surface area contributed by atoms with Crippen molar-refractivity contribution < 1.29 is 22.7 Å². The van der Waals surface area contributed by atoms with E-state index in [9.17, 15) is 18.0 Å². The molecule has 0 spiro atoms. The van der Waals surface area contributed by atoms with E-state index in [2.05, 4.69) is 12.2 Å². The van der Waals surface area contributed by atoms with Crippen molar-refractivity contribution in [1.29, 1.82) is 0 Å². The zero-order chi connectivity index (χ0) is 28.3. The number of unbranched alkanes of at least 4 members (excludes halogenated alkanes) is 1. The molecule has 0 heterocycles. The molecule has 8 nitrogen and oxygen atoms in total. The molecule has 2 aromatic carbocycles. The average Bonchev–Trinajstić information content (AvgIpc) is 2.85. The Morgan fingerprint density at radius 2 is 1.71 bits per heavy atom. The topological polar surface area (TPSA) is 96.0 Å². The first-order valence-corrected chi connectivity index (χ1v) is 15.1. The van der Waals surface area contributed by atoms with Crippen molar-refractivity contribution in [2.24, 2.45) is 0 Å². The lowest BCUT2D eigenvalue weighted by atomic mass is 10.1. The van der Waals surface area contributed by atoms with E-state index in [4.69, 9.17) is 4.74 Å². The monoisotopic (exact) mass is 545 g/mol. The van der Waals surface area contributed by atoms with Gasteiger partial charge >= 0.3 is 0 Å². The van der Waals surface area contributed by atoms with Crippen molar-refractivity contribution in [2.75, 3.05) is 30.8 Å². The molecule has 210 valence electrons. The fourth-order valence-corrected chi connectivity index (χ4v) is 5.44. The zero-order valence-electron chi connectivity index (χ0n) is 23.6. The molecule has 0 aliphatic carbocycles. The quantitative estimate of drug-likeness (QED) is 0.331. The molecule has 2 amide bonds. The van der Waals surface area contributed by atoms with Crippen LogP contribution in [-0.4, -0.2) is 57.6 Å². The van der Waals surface area contributed by atoms with E-state index in [1.807, 2.05) is 63.2 Å². The smallest absolute Gasteiger partial charge is 0.242 e. The number of hydrogen-bond donors (Lipinski definition) is 1. The maximum Gasteiger partial charge on any atom is 0.242 e. The van der Waals surface area contributed by atoms with Gasteiger partial charge in [-0.3, -0.25) is 13.9 Å².